The summed E-state index contributed by atoms with van der Waals surface area (Å²) < 4.78 is 40.6. The van der Waals surface area contributed by atoms with Gasteiger partial charge in [0.15, 0.2) is 5.78 Å². The van der Waals surface area contributed by atoms with Crippen molar-refractivity contribution in [1.82, 2.24) is 14.6 Å². The van der Waals surface area contributed by atoms with Crippen LogP contribution in [-0.4, -0.2) is 66.9 Å². The molecule has 1 N–H and O–H groups in total. The van der Waals surface area contributed by atoms with Gasteiger partial charge in [0.1, 0.15) is 11.9 Å². The number of nitrogens with zero attached hydrogens (tertiary/aromatic N) is 2. The van der Waals surface area contributed by atoms with Crippen molar-refractivity contribution in [2.75, 3.05) is 13.7 Å². The van der Waals surface area contributed by atoms with Crippen molar-refractivity contribution in [1.29, 1.82) is 0 Å². The number of hydrogen-bond acceptors (Lipinski definition) is 9. The molecule has 266 valence electrons. The van der Waals surface area contributed by atoms with Crippen LogP contribution in [-0.2, 0) is 30.8 Å². The molecule has 2 amide bonds. The molecule has 1 saturated heterocycles. The number of ketones is 1. The molecule has 5 atom stereocenters. The normalized spacial score (nSPS) is 28.2. The number of nitrogens with one attached hydrogen (secondary N) is 1. The molecule has 7 rings (SSSR count). The van der Waals surface area contributed by atoms with Crippen molar-refractivity contribution in [3.05, 3.63) is 66.2 Å². The summed E-state index contributed by atoms with van der Waals surface area (Å²) >= 11 is 1.39. The number of aryl methyl sites for hydroxylation is 1. The summed E-state index contributed by atoms with van der Waals surface area (Å²) in [6.07, 6.45) is 11.0. The van der Waals surface area contributed by atoms with Gasteiger partial charge in [0.25, 0.3) is 5.19 Å². The van der Waals surface area contributed by atoms with Crippen molar-refractivity contribution >= 4 is 49.2 Å². The molecule has 0 bridgehead atoms. The van der Waals surface area contributed by atoms with E-state index in [1.165, 1.54) is 11.3 Å². The van der Waals surface area contributed by atoms with E-state index in [9.17, 15) is 22.8 Å². The van der Waals surface area contributed by atoms with Gasteiger partial charge < -0.3 is 14.4 Å². The van der Waals surface area contributed by atoms with Gasteiger partial charge in [0, 0.05) is 18.8 Å². The predicted octanol–water partition coefficient (Wildman–Crippen LogP) is 6.00. The van der Waals surface area contributed by atoms with Gasteiger partial charge in [-0.2, -0.15) is 0 Å². The summed E-state index contributed by atoms with van der Waals surface area (Å²) in [5, 5.41) is -0.0964. The fourth-order valence-corrected chi connectivity index (χ4v) is 9.88. The van der Waals surface area contributed by atoms with E-state index in [0.717, 1.165) is 54.3 Å². The first-order valence-electron chi connectivity index (χ1n) is 17.9. The molecule has 3 aromatic rings. The first kappa shape index (κ1) is 34.7. The Hall–Kier alpha value is -3.77. The van der Waals surface area contributed by atoms with Crippen LogP contribution in [0.4, 0.5) is 0 Å². The number of fused-ring (bicyclic) bond motifs is 3. The van der Waals surface area contributed by atoms with Crippen molar-refractivity contribution < 1.29 is 32.3 Å². The highest BCUT2D eigenvalue weighted by Crippen LogP contribution is 2.57. The Morgan fingerprint density at radius 3 is 2.68 bits per heavy atom. The Kier molecular flexibility index (Phi) is 10.0. The standard InChI is InChI=1S/C38H45N3O7S2/c1-47-28-16-19-31-34(21-28)49-37(39-31)48-29-20-32-33(42)23-38(36(44)40-50(45,46)30-17-18-30)22-27(38)13-9-4-2-3-8-12-26(35(43)41(32)24-29)15-14-25-10-6-5-7-11-25/h5-7,9-11,13,16,19,21,26-27,29-30,32H,2-4,8,12,14-15,17-18,20,22-24H2,1H3,(H,40,44)/b13-9-/t26-,27+,29-,32+,38-/m1/s1. The van der Waals surface area contributed by atoms with Crippen LogP contribution in [0.5, 0.6) is 10.9 Å². The number of sulfonamides is 1. The minimum Gasteiger partial charge on any atom is -0.497 e. The maximum Gasteiger partial charge on any atom is 0.274 e. The second-order valence-electron chi connectivity index (χ2n) is 14.4. The van der Waals surface area contributed by atoms with Crippen LogP contribution < -0.4 is 14.2 Å². The summed E-state index contributed by atoms with van der Waals surface area (Å²) in [6.45, 7) is 0.231. The molecule has 2 aliphatic carbocycles. The van der Waals surface area contributed by atoms with E-state index < -0.39 is 38.7 Å². The van der Waals surface area contributed by atoms with Crippen LogP contribution in [0.15, 0.2) is 60.7 Å². The Bertz CT molecular complexity index is 1870. The number of hydrogen-bond donors (Lipinski definition) is 1. The van der Waals surface area contributed by atoms with E-state index >= 15 is 0 Å². The lowest BCUT2D eigenvalue weighted by molar-refractivity contribution is -0.142. The monoisotopic (exact) mass is 719 g/mol. The van der Waals surface area contributed by atoms with Gasteiger partial charge in [0.05, 0.1) is 40.6 Å². The van der Waals surface area contributed by atoms with E-state index in [4.69, 9.17) is 9.47 Å². The number of ether oxygens (including phenoxy) is 2. The van der Waals surface area contributed by atoms with Crippen molar-refractivity contribution in [3.8, 4) is 10.9 Å². The average Bonchev–Trinajstić information content (AvgIpc) is 4.00. The lowest BCUT2D eigenvalue weighted by atomic mass is 9.90. The number of aromatic nitrogens is 1. The smallest absolute Gasteiger partial charge is 0.274 e. The van der Waals surface area contributed by atoms with Gasteiger partial charge in [-0.05, 0) is 81.0 Å². The van der Waals surface area contributed by atoms with Crippen LogP contribution in [0.1, 0.15) is 76.2 Å². The third-order valence-corrected chi connectivity index (χ3v) is 13.5. The first-order chi connectivity index (χ1) is 24.1. The van der Waals surface area contributed by atoms with E-state index in [2.05, 4.69) is 27.9 Å². The summed E-state index contributed by atoms with van der Waals surface area (Å²) in [5.74, 6) is -0.685. The number of Topliss-reactive ketones (excluding diaryl/α,β-unsaturated/α-hetero) is 1. The maximum atomic E-state index is 14.5. The summed E-state index contributed by atoms with van der Waals surface area (Å²) in [4.78, 5) is 49.0. The lowest BCUT2D eigenvalue weighted by Gasteiger charge is -2.29. The number of carbonyl (C=O) groups excluding carboxylic acids is 3. The van der Waals surface area contributed by atoms with Crippen LogP contribution in [0.25, 0.3) is 10.2 Å². The van der Waals surface area contributed by atoms with E-state index in [1.54, 1.807) is 12.0 Å². The van der Waals surface area contributed by atoms with Crippen molar-refractivity contribution in [2.45, 2.75) is 94.4 Å². The van der Waals surface area contributed by atoms with Gasteiger partial charge >= 0.3 is 0 Å². The fraction of sp³-hybridized carbons (Fsp3) is 0.526. The number of benzene rings is 2. The van der Waals surface area contributed by atoms with Crippen molar-refractivity contribution in [2.24, 2.45) is 17.3 Å². The van der Waals surface area contributed by atoms with E-state index in [1.807, 2.05) is 42.5 Å². The third-order valence-electron chi connectivity index (χ3n) is 10.8. The molecular formula is C38H45N3O7S2. The van der Waals surface area contributed by atoms with E-state index in [-0.39, 0.29) is 42.9 Å². The van der Waals surface area contributed by atoms with Gasteiger partial charge in [0.2, 0.25) is 21.8 Å². The number of methoxy groups -OCH3 is 1. The molecule has 50 heavy (non-hydrogen) atoms. The molecule has 0 radical (unpaired) electrons. The molecule has 12 heteroatoms. The molecule has 2 saturated carbocycles. The molecule has 10 nitrogen and oxygen atoms in total. The molecule has 0 spiro atoms. The highest BCUT2D eigenvalue weighted by atomic mass is 32.2. The van der Waals surface area contributed by atoms with Gasteiger partial charge in [-0.15, -0.1) is 0 Å². The number of amides is 2. The minimum atomic E-state index is -3.79. The molecule has 2 aromatic carbocycles. The lowest BCUT2D eigenvalue weighted by Crippen LogP contribution is -2.46. The third kappa shape index (κ3) is 7.61. The van der Waals surface area contributed by atoms with Gasteiger partial charge in [-0.3, -0.25) is 19.1 Å². The van der Waals surface area contributed by atoms with Crippen LogP contribution in [0, 0.1) is 17.3 Å². The second kappa shape index (κ2) is 14.5. The molecular weight excluding hydrogens is 675 g/mol. The average molecular weight is 720 g/mol. The molecule has 4 aliphatic rings. The van der Waals surface area contributed by atoms with Crippen LogP contribution in [0.2, 0.25) is 0 Å². The van der Waals surface area contributed by atoms with Gasteiger partial charge in [-0.25, -0.2) is 13.4 Å². The molecule has 3 fully saturated rings. The SMILES string of the molecule is COc1ccc2nc(O[C@@H]3C[C@H]4C(=O)C[C@]5(C(=O)NS(=O)(=O)C6CC6)C[C@@H]5/C=C\CCCCC[C@H](CCc5ccccc5)C(=O)N4C3)sc2c1. The Morgan fingerprint density at radius 1 is 1.08 bits per heavy atom. The zero-order chi connectivity index (χ0) is 34.9. The fourth-order valence-electron chi connectivity index (χ4n) is 7.59. The minimum absolute atomic E-state index is 0.0606. The number of carbonyl (C=O) groups is 3. The highest BCUT2D eigenvalue weighted by Gasteiger charge is 2.61. The molecule has 0 unspecified atom stereocenters. The zero-order valence-corrected chi connectivity index (χ0v) is 30.1. The van der Waals surface area contributed by atoms with Crippen LogP contribution in [0.3, 0.4) is 0 Å². The summed E-state index contributed by atoms with van der Waals surface area (Å²) in [6, 6.07) is 15.0. The predicted molar refractivity (Wildman–Crippen MR) is 191 cm³/mol. The Balaban J connectivity index is 1.16. The Labute approximate surface area is 297 Å². The maximum absolute atomic E-state index is 14.5. The topological polar surface area (TPSA) is 132 Å². The first-order valence-corrected chi connectivity index (χ1v) is 20.2. The second-order valence-corrected chi connectivity index (χ2v) is 17.3. The number of allylic oxidation sites excluding steroid dienone is 2. The van der Waals surface area contributed by atoms with Gasteiger partial charge in [-0.1, -0.05) is 66.7 Å². The van der Waals surface area contributed by atoms with Crippen LogP contribution >= 0.6 is 11.3 Å². The summed E-state index contributed by atoms with van der Waals surface area (Å²) in [5.41, 5.74) is 0.786. The number of thiazole rings is 1. The Morgan fingerprint density at radius 2 is 1.90 bits per heavy atom. The van der Waals surface area contributed by atoms with E-state index in [0.29, 0.717) is 36.6 Å². The molecule has 1 aromatic heterocycles. The number of rotatable bonds is 9. The largest absolute Gasteiger partial charge is 0.497 e. The molecule has 3 heterocycles. The summed E-state index contributed by atoms with van der Waals surface area (Å²) in [7, 11) is -2.17. The van der Waals surface area contributed by atoms with Crippen molar-refractivity contribution in [3.63, 3.8) is 0 Å². The quantitative estimate of drug-likeness (QED) is 0.267. The molecule has 2 aliphatic heterocycles. The highest BCUT2D eigenvalue weighted by molar-refractivity contribution is 7.90. The zero-order valence-electron chi connectivity index (χ0n) is 28.4.